The molecular weight excluding hydrogens is 497 g/mol. The van der Waals surface area contributed by atoms with Gasteiger partial charge in [-0.1, -0.05) is 13.8 Å². The Morgan fingerprint density at radius 3 is 2.30 bits per heavy atom. The van der Waals surface area contributed by atoms with E-state index in [1.807, 2.05) is 4.90 Å². The molecule has 0 aliphatic carbocycles. The Bertz CT molecular complexity index is 543. The van der Waals surface area contributed by atoms with Crippen LogP contribution in [0.5, 0.6) is 0 Å². The monoisotopic (exact) mass is 537 g/mol. The van der Waals surface area contributed by atoms with Crippen LogP contribution in [-0.2, 0) is 14.3 Å². The molecule has 0 aromatic rings. The molecule has 2 atom stereocenters. The highest BCUT2D eigenvalue weighted by Gasteiger charge is 2.31. The first kappa shape index (κ1) is 25.6. The molecule has 3 rings (SSSR count). The summed E-state index contributed by atoms with van der Waals surface area (Å²) in [7, 11) is 0. The number of amides is 1. The molecule has 3 saturated heterocycles. The normalized spacial score (nSPS) is 24.7. The zero-order valence-corrected chi connectivity index (χ0v) is 21.2. The lowest BCUT2D eigenvalue weighted by Crippen LogP contribution is -2.55. The minimum absolute atomic E-state index is 0. The van der Waals surface area contributed by atoms with Crippen molar-refractivity contribution in [2.24, 2.45) is 10.9 Å². The maximum Gasteiger partial charge on any atom is 0.251 e. The van der Waals surface area contributed by atoms with Gasteiger partial charge in [0.15, 0.2) is 5.96 Å². The van der Waals surface area contributed by atoms with Gasteiger partial charge >= 0.3 is 0 Å². The number of rotatable bonds is 6. The topological polar surface area (TPSA) is 69.6 Å². The maximum atomic E-state index is 12.6. The van der Waals surface area contributed by atoms with E-state index in [0.29, 0.717) is 18.6 Å². The molecular formula is C21H40IN5O3. The molecule has 0 radical (unpaired) electrons. The van der Waals surface area contributed by atoms with Gasteiger partial charge in [-0.15, -0.1) is 24.0 Å². The first-order valence-electron chi connectivity index (χ1n) is 11.4. The van der Waals surface area contributed by atoms with Crippen molar-refractivity contribution in [2.75, 3.05) is 72.2 Å². The number of carbonyl (C=O) groups is 1. The zero-order chi connectivity index (χ0) is 20.6. The number of aliphatic imine (C=N–C) groups is 1. The number of halogens is 1. The summed E-state index contributed by atoms with van der Waals surface area (Å²) in [6.45, 7) is 15.7. The number of hydrogen-bond acceptors (Lipinski definition) is 5. The number of hydrogen-bond donors (Lipinski definition) is 1. The van der Waals surface area contributed by atoms with Crippen LogP contribution in [0.3, 0.4) is 0 Å². The van der Waals surface area contributed by atoms with E-state index in [1.165, 1.54) is 0 Å². The first-order valence-corrected chi connectivity index (χ1v) is 11.4. The van der Waals surface area contributed by atoms with E-state index in [9.17, 15) is 4.79 Å². The fourth-order valence-electron chi connectivity index (χ4n) is 4.38. The molecule has 1 amide bonds. The van der Waals surface area contributed by atoms with Crippen LogP contribution in [0.25, 0.3) is 0 Å². The lowest BCUT2D eigenvalue weighted by molar-refractivity contribution is -0.142. The van der Waals surface area contributed by atoms with Crippen molar-refractivity contribution in [3.05, 3.63) is 0 Å². The van der Waals surface area contributed by atoms with Gasteiger partial charge < -0.3 is 24.6 Å². The molecule has 0 aromatic heterocycles. The molecule has 8 nitrogen and oxygen atoms in total. The molecule has 0 spiro atoms. The number of nitrogens with one attached hydrogen (secondary N) is 1. The van der Waals surface area contributed by atoms with Crippen LogP contribution in [0.4, 0.5) is 0 Å². The number of guanidine groups is 1. The van der Waals surface area contributed by atoms with Crippen molar-refractivity contribution in [3.8, 4) is 0 Å². The van der Waals surface area contributed by atoms with E-state index in [1.54, 1.807) is 0 Å². The second-order valence-corrected chi connectivity index (χ2v) is 8.47. The molecule has 3 aliphatic rings. The third-order valence-corrected chi connectivity index (χ3v) is 6.14. The maximum absolute atomic E-state index is 12.6. The average Bonchev–Trinajstić information content (AvgIpc) is 3.28. The van der Waals surface area contributed by atoms with Crippen LogP contribution in [0.1, 0.15) is 33.6 Å². The van der Waals surface area contributed by atoms with Crippen molar-refractivity contribution in [1.29, 1.82) is 0 Å². The fraction of sp³-hybridized carbons (Fsp3) is 0.905. The summed E-state index contributed by atoms with van der Waals surface area (Å²) < 4.78 is 11.1. The molecule has 3 fully saturated rings. The summed E-state index contributed by atoms with van der Waals surface area (Å²) in [5, 5.41) is 3.45. The number of nitrogens with zero attached hydrogens (tertiary/aromatic N) is 4. The molecule has 3 aliphatic heterocycles. The Kier molecular flexibility index (Phi) is 11.1. The summed E-state index contributed by atoms with van der Waals surface area (Å²) in [6, 6.07) is 0.426. The largest absolute Gasteiger partial charge is 0.379 e. The first-order chi connectivity index (χ1) is 14.1. The molecule has 0 bridgehead atoms. The van der Waals surface area contributed by atoms with Gasteiger partial charge in [0.2, 0.25) is 0 Å². The second-order valence-electron chi connectivity index (χ2n) is 8.47. The number of piperazine rings is 1. The van der Waals surface area contributed by atoms with Gasteiger partial charge in [-0.25, -0.2) is 0 Å². The molecule has 2 unspecified atom stereocenters. The lowest BCUT2D eigenvalue weighted by Gasteiger charge is -2.38. The van der Waals surface area contributed by atoms with Gasteiger partial charge in [-0.3, -0.25) is 14.7 Å². The number of carbonyl (C=O) groups excluding carboxylic acids is 1. The van der Waals surface area contributed by atoms with E-state index in [2.05, 4.69) is 35.9 Å². The molecule has 0 aromatic carbocycles. The van der Waals surface area contributed by atoms with Gasteiger partial charge in [0.1, 0.15) is 6.10 Å². The van der Waals surface area contributed by atoms with E-state index < -0.39 is 0 Å². The highest BCUT2D eigenvalue weighted by Crippen LogP contribution is 2.17. The highest BCUT2D eigenvalue weighted by atomic mass is 127. The average molecular weight is 537 g/mol. The molecule has 1 N–H and O–H groups in total. The van der Waals surface area contributed by atoms with Crippen molar-refractivity contribution in [2.45, 2.75) is 45.8 Å². The SMILES string of the molecule is CCNC(=NCC(C(C)C)N1CCOCC1)N1CCN(C(=O)C2CCCO2)CC1.I. The van der Waals surface area contributed by atoms with Crippen LogP contribution in [-0.4, -0.2) is 111 Å². The molecule has 3 heterocycles. The van der Waals surface area contributed by atoms with Crippen molar-refractivity contribution in [3.63, 3.8) is 0 Å². The Labute approximate surface area is 198 Å². The summed E-state index contributed by atoms with van der Waals surface area (Å²) in [5.74, 6) is 1.67. The molecule has 0 saturated carbocycles. The van der Waals surface area contributed by atoms with E-state index in [-0.39, 0.29) is 36.0 Å². The second kappa shape index (κ2) is 13.0. The predicted molar refractivity (Wildman–Crippen MR) is 130 cm³/mol. The van der Waals surface area contributed by atoms with Gasteiger partial charge in [-0.2, -0.15) is 0 Å². The zero-order valence-electron chi connectivity index (χ0n) is 18.8. The fourth-order valence-corrected chi connectivity index (χ4v) is 4.38. The van der Waals surface area contributed by atoms with Crippen molar-refractivity contribution in [1.82, 2.24) is 20.0 Å². The minimum Gasteiger partial charge on any atom is -0.379 e. The van der Waals surface area contributed by atoms with E-state index in [4.69, 9.17) is 14.5 Å². The Morgan fingerprint density at radius 2 is 1.73 bits per heavy atom. The van der Waals surface area contributed by atoms with Crippen LogP contribution in [0.15, 0.2) is 4.99 Å². The summed E-state index contributed by atoms with van der Waals surface area (Å²) in [4.78, 5) is 24.4. The van der Waals surface area contributed by atoms with Gasteiger partial charge in [0.25, 0.3) is 5.91 Å². The molecule has 174 valence electrons. The van der Waals surface area contributed by atoms with E-state index >= 15 is 0 Å². The Balaban J connectivity index is 0.00000320. The summed E-state index contributed by atoms with van der Waals surface area (Å²) >= 11 is 0. The van der Waals surface area contributed by atoms with Crippen molar-refractivity contribution < 1.29 is 14.3 Å². The van der Waals surface area contributed by atoms with Crippen LogP contribution in [0.2, 0.25) is 0 Å². The third-order valence-electron chi connectivity index (χ3n) is 6.14. The Hall–Kier alpha value is -0.650. The molecule has 9 heteroatoms. The highest BCUT2D eigenvalue weighted by molar-refractivity contribution is 14.0. The van der Waals surface area contributed by atoms with Crippen LogP contribution >= 0.6 is 24.0 Å². The van der Waals surface area contributed by atoms with Crippen LogP contribution in [0, 0.1) is 5.92 Å². The Morgan fingerprint density at radius 1 is 1.07 bits per heavy atom. The number of ether oxygens (including phenoxy) is 2. The standard InChI is InChI=1S/C21H39N5O3.HI/c1-4-22-21(23-16-18(17(2)3)24-11-14-28-15-12-24)26-9-7-25(8-10-26)20(27)19-6-5-13-29-19;/h17-19H,4-16H2,1-3H3,(H,22,23);1H. The van der Waals surface area contributed by atoms with E-state index in [0.717, 1.165) is 84.4 Å². The quantitative estimate of drug-likeness (QED) is 0.313. The van der Waals surface area contributed by atoms with Crippen LogP contribution < -0.4 is 5.32 Å². The molecule has 30 heavy (non-hydrogen) atoms. The lowest BCUT2D eigenvalue weighted by atomic mass is 10.0. The smallest absolute Gasteiger partial charge is 0.251 e. The number of morpholine rings is 1. The third kappa shape index (κ3) is 6.93. The summed E-state index contributed by atoms with van der Waals surface area (Å²) in [5.41, 5.74) is 0. The van der Waals surface area contributed by atoms with Gasteiger partial charge in [0, 0.05) is 58.5 Å². The van der Waals surface area contributed by atoms with Crippen molar-refractivity contribution >= 4 is 35.8 Å². The predicted octanol–water partition coefficient (Wildman–Crippen LogP) is 1.25. The summed E-state index contributed by atoms with van der Waals surface area (Å²) in [6.07, 6.45) is 1.64. The van der Waals surface area contributed by atoms with Gasteiger partial charge in [0.05, 0.1) is 19.8 Å². The minimum atomic E-state index is -0.219. The van der Waals surface area contributed by atoms with Gasteiger partial charge in [-0.05, 0) is 25.7 Å².